The second-order valence-corrected chi connectivity index (χ2v) is 17.8. The minimum absolute atomic E-state index is 0.134. The van der Waals surface area contributed by atoms with Crippen LogP contribution in [-0.2, 0) is 21.8 Å². The lowest BCUT2D eigenvalue weighted by atomic mass is 9.75. The molecule has 0 amide bonds. The number of nitrogens with two attached hydrogens (primary N) is 2. The van der Waals surface area contributed by atoms with Crippen molar-refractivity contribution in [2.45, 2.75) is 84.1 Å². The molecule has 0 saturated carbocycles. The van der Waals surface area contributed by atoms with Crippen molar-refractivity contribution in [2.24, 2.45) is 11.5 Å². The van der Waals surface area contributed by atoms with E-state index in [9.17, 15) is 0 Å². The highest BCUT2D eigenvalue weighted by atomic mass is 14.8. The molecular formula is C51H50N2. The molecule has 6 aromatic carbocycles. The maximum atomic E-state index is 7.90. The lowest BCUT2D eigenvalue weighted by Crippen LogP contribution is -2.37. The van der Waals surface area contributed by atoms with Crippen LogP contribution in [0, 0.1) is 20.8 Å². The van der Waals surface area contributed by atoms with E-state index in [1.807, 2.05) is 0 Å². The molecule has 0 unspecified atom stereocenters. The van der Waals surface area contributed by atoms with Crippen LogP contribution in [0.4, 0.5) is 0 Å². The van der Waals surface area contributed by atoms with Gasteiger partial charge in [0.25, 0.3) is 0 Å². The van der Waals surface area contributed by atoms with E-state index in [-0.39, 0.29) is 16.2 Å². The van der Waals surface area contributed by atoms with Crippen molar-refractivity contribution in [3.05, 3.63) is 182 Å². The summed E-state index contributed by atoms with van der Waals surface area (Å²) in [7, 11) is 0. The van der Waals surface area contributed by atoms with Crippen molar-refractivity contribution in [1.82, 2.24) is 0 Å². The van der Waals surface area contributed by atoms with E-state index >= 15 is 0 Å². The van der Waals surface area contributed by atoms with Gasteiger partial charge in [0, 0.05) is 21.9 Å². The van der Waals surface area contributed by atoms with Gasteiger partial charge in [-0.15, -0.1) is 0 Å². The molecule has 0 heterocycles. The number of hydrogen-bond acceptors (Lipinski definition) is 2. The van der Waals surface area contributed by atoms with Crippen LogP contribution in [0.15, 0.2) is 115 Å². The molecule has 0 bridgehead atoms. The molecule has 3 aliphatic rings. The number of rotatable bonds is 4. The third kappa shape index (κ3) is 4.68. The van der Waals surface area contributed by atoms with E-state index in [0.29, 0.717) is 5.70 Å². The quantitative estimate of drug-likeness (QED) is 0.193. The van der Waals surface area contributed by atoms with Crippen LogP contribution in [0.1, 0.15) is 108 Å². The maximum absolute atomic E-state index is 7.90. The van der Waals surface area contributed by atoms with Gasteiger partial charge in [-0.3, -0.25) is 0 Å². The summed E-state index contributed by atoms with van der Waals surface area (Å²) in [5, 5.41) is 0. The molecule has 0 aromatic heterocycles. The first-order valence-electron chi connectivity index (χ1n) is 19.1. The van der Waals surface area contributed by atoms with Gasteiger partial charge in [-0.2, -0.15) is 0 Å². The van der Waals surface area contributed by atoms with Crippen molar-refractivity contribution in [3.8, 4) is 33.4 Å². The molecule has 0 saturated heterocycles. The first-order chi connectivity index (χ1) is 25.0. The molecule has 3 aliphatic carbocycles. The molecule has 264 valence electrons. The fourth-order valence-corrected chi connectivity index (χ4v) is 9.91. The summed E-state index contributed by atoms with van der Waals surface area (Å²) < 4.78 is 0. The molecule has 2 heteroatoms. The summed E-state index contributed by atoms with van der Waals surface area (Å²) in [5.41, 5.74) is 37.0. The summed E-state index contributed by atoms with van der Waals surface area (Å²) in [6, 6.07) is 41.0. The molecule has 6 aromatic rings. The van der Waals surface area contributed by atoms with Crippen molar-refractivity contribution in [2.75, 3.05) is 0 Å². The Kier molecular flexibility index (Phi) is 6.94. The van der Waals surface area contributed by atoms with Gasteiger partial charge in [0.05, 0.1) is 5.54 Å². The van der Waals surface area contributed by atoms with Crippen LogP contribution in [0.25, 0.3) is 39.1 Å². The van der Waals surface area contributed by atoms with Gasteiger partial charge in [0.2, 0.25) is 0 Å². The summed E-state index contributed by atoms with van der Waals surface area (Å²) in [6.45, 7) is 20.5. The Balaban J connectivity index is 1.23. The van der Waals surface area contributed by atoms with E-state index in [4.69, 9.17) is 11.5 Å². The highest BCUT2D eigenvalue weighted by molar-refractivity contribution is 5.85. The fourth-order valence-electron chi connectivity index (χ4n) is 9.91. The van der Waals surface area contributed by atoms with Gasteiger partial charge in [0.1, 0.15) is 0 Å². The molecule has 0 spiro atoms. The van der Waals surface area contributed by atoms with E-state index in [1.165, 1.54) is 83.5 Å². The average molecular weight is 691 g/mol. The smallest absolute Gasteiger partial charge is 0.0875 e. The second-order valence-electron chi connectivity index (χ2n) is 17.8. The van der Waals surface area contributed by atoms with Crippen molar-refractivity contribution in [1.29, 1.82) is 0 Å². The monoisotopic (exact) mass is 690 g/mol. The third-order valence-corrected chi connectivity index (χ3v) is 13.2. The first-order valence-corrected chi connectivity index (χ1v) is 19.1. The van der Waals surface area contributed by atoms with Crippen LogP contribution < -0.4 is 11.5 Å². The number of fused-ring (bicyclic) bond motifs is 9. The van der Waals surface area contributed by atoms with Gasteiger partial charge in [-0.25, -0.2) is 0 Å². The Hall–Kier alpha value is -5.18. The lowest BCUT2D eigenvalue weighted by Gasteiger charge is -2.32. The van der Waals surface area contributed by atoms with Gasteiger partial charge in [-0.05, 0) is 116 Å². The summed E-state index contributed by atoms with van der Waals surface area (Å²) >= 11 is 0. The summed E-state index contributed by atoms with van der Waals surface area (Å²) in [6.07, 6.45) is 2.12. The molecule has 0 radical (unpaired) electrons. The zero-order valence-corrected chi connectivity index (χ0v) is 32.6. The number of aryl methyl sites for hydroxylation is 3. The molecule has 0 fully saturated rings. The Morgan fingerprint density at radius 2 is 0.736 bits per heavy atom. The van der Waals surface area contributed by atoms with Crippen LogP contribution in [0.5, 0.6) is 0 Å². The van der Waals surface area contributed by atoms with Crippen LogP contribution in [0.3, 0.4) is 0 Å². The molecule has 53 heavy (non-hydrogen) atoms. The maximum Gasteiger partial charge on any atom is 0.0875 e. The Morgan fingerprint density at radius 1 is 0.434 bits per heavy atom. The molecule has 4 N–H and O–H groups in total. The number of benzene rings is 6. The fraction of sp³-hybridized carbons (Fsp3) is 0.255. The predicted molar refractivity (Wildman–Crippen MR) is 223 cm³/mol. The van der Waals surface area contributed by atoms with Crippen molar-refractivity contribution >= 4 is 5.70 Å². The van der Waals surface area contributed by atoms with Gasteiger partial charge < -0.3 is 11.5 Å². The minimum Gasteiger partial charge on any atom is -0.398 e. The van der Waals surface area contributed by atoms with E-state index in [0.717, 1.165) is 16.7 Å². The van der Waals surface area contributed by atoms with E-state index in [2.05, 4.69) is 178 Å². The standard InChI is InChI=1S/C51H50N2/c1-29-10-16-35-38-19-13-32(25-44(38)48(4,5)41(35)22-29)47(52)28-51(53,33-14-20-39-36-17-11-30(2)23-42(36)49(6,7)45(39)26-33)34-15-21-40-37-18-12-31(3)24-43(37)50(8,9)46(40)27-34/h10-28H,52-53H2,1-9H3/b47-28-. The normalized spacial score (nSPS) is 16.8. The van der Waals surface area contributed by atoms with Gasteiger partial charge in [0.15, 0.2) is 0 Å². The topological polar surface area (TPSA) is 52.0 Å². The largest absolute Gasteiger partial charge is 0.398 e. The Bertz CT molecular complexity index is 2480. The average Bonchev–Trinajstić information content (AvgIpc) is 3.59. The molecule has 0 aliphatic heterocycles. The zero-order chi connectivity index (χ0) is 37.4. The summed E-state index contributed by atoms with van der Waals surface area (Å²) in [5.74, 6) is 0. The van der Waals surface area contributed by atoms with Crippen LogP contribution in [0.2, 0.25) is 0 Å². The molecule has 2 nitrogen and oxygen atoms in total. The summed E-state index contributed by atoms with van der Waals surface area (Å²) in [4.78, 5) is 0. The van der Waals surface area contributed by atoms with Gasteiger partial charge >= 0.3 is 0 Å². The van der Waals surface area contributed by atoms with E-state index < -0.39 is 5.54 Å². The highest BCUT2D eigenvalue weighted by Gasteiger charge is 2.41. The molecular weight excluding hydrogens is 641 g/mol. The Labute approximate surface area is 315 Å². The van der Waals surface area contributed by atoms with Crippen molar-refractivity contribution < 1.29 is 0 Å². The number of hydrogen-bond donors (Lipinski definition) is 2. The van der Waals surface area contributed by atoms with Gasteiger partial charge in [-0.1, -0.05) is 161 Å². The predicted octanol–water partition coefficient (Wildman–Crippen LogP) is 11.7. The zero-order valence-electron chi connectivity index (χ0n) is 32.6. The molecule has 9 rings (SSSR count). The molecule has 0 atom stereocenters. The Morgan fingerprint density at radius 3 is 1.11 bits per heavy atom. The minimum atomic E-state index is -1.01. The first kappa shape index (κ1) is 33.6. The highest BCUT2D eigenvalue weighted by Crippen LogP contribution is 2.53. The SMILES string of the molecule is Cc1ccc2c(c1)C(C)(C)c1cc(/C(N)=C/C(N)(c3ccc4c(c3)C(C)(C)c3cc(C)ccc3-4)c3ccc4c(c3)C(C)(C)c3cc(C)ccc3-4)ccc1-2. The van der Waals surface area contributed by atoms with Crippen molar-refractivity contribution in [3.63, 3.8) is 0 Å². The van der Waals surface area contributed by atoms with E-state index in [1.54, 1.807) is 0 Å². The second kappa shape index (κ2) is 10.9. The lowest BCUT2D eigenvalue weighted by molar-refractivity contribution is 0.637. The third-order valence-electron chi connectivity index (χ3n) is 13.2. The van der Waals surface area contributed by atoms with Crippen LogP contribution in [-0.4, -0.2) is 0 Å². The van der Waals surface area contributed by atoms with Crippen LogP contribution >= 0.6 is 0 Å².